The number of rotatable bonds is 9. The number of carboxylic acids is 1. The molecule has 0 aromatic rings. The molecule has 23 heavy (non-hydrogen) atoms. The Kier molecular flexibility index (Phi) is 11.6. The Bertz CT molecular complexity index is 370. The first-order valence-corrected chi connectivity index (χ1v) is 7.13. The van der Waals surface area contributed by atoms with Gasteiger partial charge in [-0.25, -0.2) is 8.78 Å². The second-order valence-electron chi connectivity index (χ2n) is 5.82. The third kappa shape index (κ3) is 9.02. The smallest absolute Gasteiger partial charge is 0.451 e. The van der Waals surface area contributed by atoms with Crippen molar-refractivity contribution < 1.29 is 28.7 Å². The fraction of sp³-hybridized carbons (Fsp3) is 0.917. The molecule has 0 spiro atoms. The van der Waals surface area contributed by atoms with Gasteiger partial charge < -0.3 is 20.9 Å². The van der Waals surface area contributed by atoms with Gasteiger partial charge in [-0.15, -0.1) is 24.8 Å². The Labute approximate surface area is 147 Å². The lowest BCUT2D eigenvalue weighted by Crippen LogP contribution is -2.50. The van der Waals surface area contributed by atoms with Crippen LogP contribution in [0.3, 0.4) is 0 Å². The van der Waals surface area contributed by atoms with Crippen molar-refractivity contribution in [1.82, 2.24) is 4.90 Å². The topological polar surface area (TPSA) is 107 Å². The van der Waals surface area contributed by atoms with Crippen LogP contribution in [0.15, 0.2) is 0 Å². The van der Waals surface area contributed by atoms with Crippen molar-refractivity contribution in [2.24, 2.45) is 5.73 Å². The monoisotopic (exact) mass is 380 g/mol. The van der Waals surface area contributed by atoms with Gasteiger partial charge in [0, 0.05) is 19.5 Å². The highest BCUT2D eigenvalue weighted by Crippen LogP contribution is 2.28. The number of nitrogens with two attached hydrogens (primary N) is 1. The van der Waals surface area contributed by atoms with Gasteiger partial charge >= 0.3 is 13.1 Å². The molecule has 1 rings (SSSR count). The predicted octanol–water partition coefficient (Wildman–Crippen LogP) is 0.986. The van der Waals surface area contributed by atoms with Crippen molar-refractivity contribution in [2.45, 2.75) is 49.9 Å². The molecule has 0 radical (unpaired) electrons. The molecule has 0 bridgehead atoms. The highest BCUT2D eigenvalue weighted by atomic mass is 35.5. The summed E-state index contributed by atoms with van der Waals surface area (Å²) < 4.78 is 26.1. The third-order valence-electron chi connectivity index (χ3n) is 3.88. The average molecular weight is 381 g/mol. The fourth-order valence-corrected chi connectivity index (χ4v) is 2.46. The van der Waals surface area contributed by atoms with E-state index in [0.29, 0.717) is 12.8 Å². The van der Waals surface area contributed by atoms with Crippen LogP contribution in [0, 0.1) is 0 Å². The van der Waals surface area contributed by atoms with E-state index in [0.717, 1.165) is 0 Å². The second-order valence-corrected chi connectivity index (χ2v) is 5.82. The number of carbonyl (C=O) groups is 1. The molecule has 6 nitrogen and oxygen atoms in total. The van der Waals surface area contributed by atoms with E-state index >= 15 is 0 Å². The summed E-state index contributed by atoms with van der Waals surface area (Å²) in [7, 11) is -1.41. The SMILES string of the molecule is Cl.Cl.NC(CCCCB(O)O)(CCN1CCC(F)(F)C1)C(=O)O. The highest BCUT2D eigenvalue weighted by Gasteiger charge is 2.40. The molecule has 11 heteroatoms. The standard InChI is InChI=1S/C12H23BF2N2O4.2ClH/c14-12(15)5-8-17(9-12)7-4-11(16,10(18)19)3-1-2-6-13(20)21;;/h20-21H,1-9,16H2,(H,18,19);2*1H. The van der Waals surface area contributed by atoms with Crippen molar-refractivity contribution in [3.63, 3.8) is 0 Å². The predicted molar refractivity (Wildman–Crippen MR) is 88.5 cm³/mol. The zero-order chi connectivity index (χ0) is 16.1. The number of halogens is 4. The third-order valence-corrected chi connectivity index (χ3v) is 3.88. The Morgan fingerprint density at radius 2 is 1.87 bits per heavy atom. The Morgan fingerprint density at radius 3 is 2.30 bits per heavy atom. The molecule has 1 fully saturated rings. The first-order chi connectivity index (χ1) is 9.65. The maximum atomic E-state index is 13.1. The molecule has 5 N–H and O–H groups in total. The number of alkyl halides is 2. The number of aliphatic carboxylic acids is 1. The van der Waals surface area contributed by atoms with Crippen molar-refractivity contribution in [3.05, 3.63) is 0 Å². The summed E-state index contributed by atoms with van der Waals surface area (Å²) >= 11 is 0. The Hall–Kier alpha value is -0.185. The van der Waals surface area contributed by atoms with E-state index in [2.05, 4.69) is 0 Å². The second kappa shape index (κ2) is 10.6. The fourth-order valence-electron chi connectivity index (χ4n) is 2.46. The number of unbranched alkanes of at least 4 members (excludes halogenated alkanes) is 1. The summed E-state index contributed by atoms with van der Waals surface area (Å²) in [6.07, 6.45) is 1.13. The summed E-state index contributed by atoms with van der Waals surface area (Å²) in [5.74, 6) is -3.85. The van der Waals surface area contributed by atoms with Crippen molar-refractivity contribution >= 4 is 37.9 Å². The van der Waals surface area contributed by atoms with E-state index in [1.54, 1.807) is 0 Å². The first kappa shape index (κ1) is 25.1. The molecule has 1 aliphatic heterocycles. The number of nitrogens with zero attached hydrogens (tertiary/aromatic N) is 1. The van der Waals surface area contributed by atoms with Gasteiger partial charge in [0.15, 0.2) is 0 Å². The van der Waals surface area contributed by atoms with E-state index in [4.69, 9.17) is 15.8 Å². The normalized spacial score (nSPS) is 19.3. The van der Waals surface area contributed by atoms with Gasteiger partial charge in [0.2, 0.25) is 0 Å². The van der Waals surface area contributed by atoms with E-state index in [9.17, 15) is 18.7 Å². The molecule has 1 atom stereocenters. The van der Waals surface area contributed by atoms with Crippen LogP contribution in [0.1, 0.15) is 32.1 Å². The molecule has 1 saturated heterocycles. The molecule has 1 heterocycles. The summed E-state index contributed by atoms with van der Waals surface area (Å²) in [6, 6.07) is 0. The van der Waals surface area contributed by atoms with Crippen LogP contribution >= 0.6 is 24.8 Å². The summed E-state index contributed by atoms with van der Waals surface area (Å²) in [5.41, 5.74) is 4.40. The van der Waals surface area contributed by atoms with Gasteiger partial charge in [0.1, 0.15) is 5.54 Å². The summed E-state index contributed by atoms with van der Waals surface area (Å²) in [6.45, 7) is 0.125. The zero-order valence-corrected chi connectivity index (χ0v) is 14.4. The maximum absolute atomic E-state index is 13.1. The Balaban J connectivity index is 0. The van der Waals surface area contributed by atoms with Gasteiger partial charge in [-0.3, -0.25) is 9.69 Å². The van der Waals surface area contributed by atoms with Gasteiger partial charge in [0.25, 0.3) is 5.92 Å². The van der Waals surface area contributed by atoms with E-state index in [1.165, 1.54) is 4.90 Å². The largest absolute Gasteiger partial charge is 0.480 e. The molecule has 0 aromatic heterocycles. The lowest BCUT2D eigenvalue weighted by Gasteiger charge is -2.27. The highest BCUT2D eigenvalue weighted by molar-refractivity contribution is 6.40. The van der Waals surface area contributed by atoms with Crippen LogP contribution in [0.2, 0.25) is 6.32 Å². The van der Waals surface area contributed by atoms with Crippen LogP contribution in [0.25, 0.3) is 0 Å². The molecule has 1 aliphatic rings. The molecular formula is C12H25BCl2F2N2O4. The van der Waals surface area contributed by atoms with E-state index in [1.807, 2.05) is 0 Å². The number of carboxylic acid groups (broad SMARTS) is 1. The van der Waals surface area contributed by atoms with E-state index < -0.39 is 24.5 Å². The Morgan fingerprint density at radius 1 is 1.26 bits per heavy atom. The molecule has 0 saturated carbocycles. The van der Waals surface area contributed by atoms with Crippen molar-refractivity contribution in [3.8, 4) is 0 Å². The van der Waals surface area contributed by atoms with Crippen LogP contribution < -0.4 is 5.73 Å². The van der Waals surface area contributed by atoms with Gasteiger partial charge in [-0.05, 0) is 19.2 Å². The minimum Gasteiger partial charge on any atom is -0.480 e. The first-order valence-electron chi connectivity index (χ1n) is 7.13. The molecule has 0 aromatic carbocycles. The number of likely N-dealkylation sites (tertiary alicyclic amines) is 1. The number of hydrogen-bond donors (Lipinski definition) is 4. The summed E-state index contributed by atoms with van der Waals surface area (Å²) in [4.78, 5) is 12.8. The molecule has 1 unspecified atom stereocenters. The van der Waals surface area contributed by atoms with E-state index in [-0.39, 0.29) is 70.0 Å². The maximum Gasteiger partial charge on any atom is 0.451 e. The number of hydrogen-bond acceptors (Lipinski definition) is 5. The van der Waals surface area contributed by atoms with Gasteiger partial charge in [-0.2, -0.15) is 0 Å². The molecular weight excluding hydrogens is 356 g/mol. The van der Waals surface area contributed by atoms with Crippen LogP contribution in [0.5, 0.6) is 0 Å². The molecule has 0 amide bonds. The minimum absolute atomic E-state index is 0. The van der Waals surface area contributed by atoms with Crippen molar-refractivity contribution in [1.29, 1.82) is 0 Å². The summed E-state index contributed by atoms with van der Waals surface area (Å²) in [5, 5.41) is 26.7. The quantitative estimate of drug-likeness (QED) is 0.351. The lowest BCUT2D eigenvalue weighted by atomic mass is 9.81. The molecule has 138 valence electrons. The zero-order valence-electron chi connectivity index (χ0n) is 12.8. The lowest BCUT2D eigenvalue weighted by molar-refractivity contribution is -0.144. The van der Waals surface area contributed by atoms with Gasteiger partial charge in [-0.1, -0.05) is 12.8 Å². The van der Waals surface area contributed by atoms with Crippen LogP contribution in [-0.4, -0.2) is 64.2 Å². The van der Waals surface area contributed by atoms with Crippen LogP contribution in [0.4, 0.5) is 8.78 Å². The minimum atomic E-state index is -2.70. The van der Waals surface area contributed by atoms with Crippen molar-refractivity contribution in [2.75, 3.05) is 19.6 Å². The molecule has 0 aliphatic carbocycles. The average Bonchev–Trinajstić information content (AvgIpc) is 2.71. The van der Waals surface area contributed by atoms with Gasteiger partial charge in [0.05, 0.1) is 6.54 Å². The van der Waals surface area contributed by atoms with Crippen LogP contribution in [-0.2, 0) is 4.79 Å².